The van der Waals surface area contributed by atoms with Crippen LogP contribution in [-0.4, -0.2) is 59.2 Å². The van der Waals surface area contributed by atoms with Crippen LogP contribution in [0.5, 0.6) is 5.75 Å². The van der Waals surface area contributed by atoms with E-state index in [9.17, 15) is 19.1 Å². The van der Waals surface area contributed by atoms with Crippen molar-refractivity contribution in [3.8, 4) is 5.75 Å². The molecule has 0 spiro atoms. The molecule has 10 atom stereocenters. The Hall–Kier alpha value is -2.69. The monoisotopic (exact) mass is 575 g/mol. The number of allylic oxidation sites excluding steroid dienone is 4. The lowest BCUT2D eigenvalue weighted by Gasteiger charge is -2.63. The van der Waals surface area contributed by atoms with Gasteiger partial charge in [-0.2, -0.15) is 0 Å². The first-order valence-electron chi connectivity index (χ1n) is 14.3. The summed E-state index contributed by atoms with van der Waals surface area (Å²) in [7, 11) is 0. The number of fused-ring (bicyclic) bond motifs is 7. The van der Waals surface area contributed by atoms with E-state index in [0.717, 1.165) is 18.6 Å². The standard InChI is InChI=1S/C31H36F3NO6/c1-4-5-27-40-26-13-18-19-12-21(32)20-10-16(36)8-9-28(20,2)30(19,34)24(37)14-29(18,3)31(26,41-27)25(38)15-39-17-6-7-23(35)22(33)11-17/h6-11,18-19,21,24,26-27,37H,4-5,12-15,35H2,1-3H3/t18-,19-,21-,24-,26+,27?,28-,29-,30-,31+/m0/s1. The fourth-order valence-corrected chi connectivity index (χ4v) is 8.74. The molecule has 222 valence electrons. The predicted octanol–water partition coefficient (Wildman–Crippen LogP) is 4.56. The van der Waals surface area contributed by atoms with Gasteiger partial charge in [0.2, 0.25) is 5.78 Å². The van der Waals surface area contributed by atoms with Crippen molar-refractivity contribution in [3.63, 3.8) is 0 Å². The summed E-state index contributed by atoms with van der Waals surface area (Å²) in [5, 5.41) is 11.6. The Kier molecular flexibility index (Phi) is 6.52. The third kappa shape index (κ3) is 3.69. The van der Waals surface area contributed by atoms with Gasteiger partial charge >= 0.3 is 0 Å². The SMILES string of the molecule is CCCC1O[C@@H]2C[C@H]3[C@@H]4C[C@H](F)C5=CC(=O)C=C[C@]5(C)[C@@]4(F)[C@@H](O)C[C@]3(C)[C@]2(C(=O)COc2ccc(N)c(F)c2)O1. The third-order valence-corrected chi connectivity index (χ3v) is 10.7. The average Bonchev–Trinajstić information content (AvgIpc) is 3.40. The second-order valence-corrected chi connectivity index (χ2v) is 12.7. The van der Waals surface area contributed by atoms with Crippen molar-refractivity contribution >= 4 is 17.3 Å². The number of halogens is 3. The number of aliphatic hydroxyl groups is 1. The van der Waals surface area contributed by atoms with Gasteiger partial charge < -0.3 is 25.1 Å². The fourth-order valence-electron chi connectivity index (χ4n) is 8.74. The van der Waals surface area contributed by atoms with Gasteiger partial charge in [0.15, 0.2) is 23.3 Å². The molecule has 4 fully saturated rings. The molecule has 41 heavy (non-hydrogen) atoms. The molecule has 0 radical (unpaired) electrons. The second kappa shape index (κ2) is 9.41. The van der Waals surface area contributed by atoms with Crippen LogP contribution in [0.4, 0.5) is 18.9 Å². The van der Waals surface area contributed by atoms with E-state index in [2.05, 4.69) is 0 Å². The smallest absolute Gasteiger partial charge is 0.205 e. The quantitative estimate of drug-likeness (QED) is 0.479. The van der Waals surface area contributed by atoms with E-state index in [1.54, 1.807) is 6.92 Å². The van der Waals surface area contributed by atoms with Crippen LogP contribution in [0.2, 0.25) is 0 Å². The molecule has 1 aliphatic heterocycles. The number of benzene rings is 1. The van der Waals surface area contributed by atoms with E-state index in [0.29, 0.717) is 6.42 Å². The van der Waals surface area contributed by atoms with Gasteiger partial charge in [0, 0.05) is 22.8 Å². The minimum Gasteiger partial charge on any atom is -0.486 e. The molecular weight excluding hydrogens is 539 g/mol. The summed E-state index contributed by atoms with van der Waals surface area (Å²) >= 11 is 0. The number of alkyl halides is 2. The number of carbonyl (C=O) groups is 2. The highest BCUT2D eigenvalue weighted by atomic mass is 19.1. The van der Waals surface area contributed by atoms with Crippen LogP contribution in [-0.2, 0) is 19.1 Å². The van der Waals surface area contributed by atoms with E-state index in [1.807, 2.05) is 6.92 Å². The number of anilines is 1. The number of aliphatic hydroxyl groups excluding tert-OH is 1. The zero-order valence-electron chi connectivity index (χ0n) is 23.4. The van der Waals surface area contributed by atoms with Crippen LogP contribution in [0.25, 0.3) is 0 Å². The number of hydrogen-bond donors (Lipinski definition) is 2. The second-order valence-electron chi connectivity index (χ2n) is 12.7. The van der Waals surface area contributed by atoms with Gasteiger partial charge in [-0.25, -0.2) is 13.2 Å². The summed E-state index contributed by atoms with van der Waals surface area (Å²) in [5.41, 5.74) is -1.01. The van der Waals surface area contributed by atoms with E-state index < -0.39 is 82.6 Å². The summed E-state index contributed by atoms with van der Waals surface area (Å²) in [6.45, 7) is 4.80. The van der Waals surface area contributed by atoms with E-state index in [-0.39, 0.29) is 36.3 Å². The first-order valence-corrected chi connectivity index (χ1v) is 14.3. The Labute approximate surface area is 236 Å². The van der Waals surface area contributed by atoms with Crippen molar-refractivity contribution in [3.05, 3.63) is 47.8 Å². The zero-order valence-corrected chi connectivity index (χ0v) is 23.4. The Balaban J connectivity index is 1.38. The summed E-state index contributed by atoms with van der Waals surface area (Å²) in [6.07, 6.45) is 0.215. The molecule has 0 aromatic heterocycles. The number of carbonyl (C=O) groups excluding carboxylic acids is 2. The molecule has 7 nitrogen and oxygen atoms in total. The number of nitrogen functional groups attached to an aromatic ring is 1. The molecule has 1 unspecified atom stereocenters. The summed E-state index contributed by atoms with van der Waals surface area (Å²) in [6, 6.07) is 3.87. The topological polar surface area (TPSA) is 108 Å². The minimum absolute atomic E-state index is 0.0371. The maximum absolute atomic E-state index is 17.5. The van der Waals surface area contributed by atoms with Gasteiger partial charge in [-0.3, -0.25) is 9.59 Å². The molecule has 3 saturated carbocycles. The van der Waals surface area contributed by atoms with E-state index >= 15 is 8.78 Å². The van der Waals surface area contributed by atoms with Crippen molar-refractivity contribution in [1.29, 1.82) is 0 Å². The van der Waals surface area contributed by atoms with Crippen LogP contribution in [0.3, 0.4) is 0 Å². The lowest BCUT2D eigenvalue weighted by atomic mass is 9.44. The number of hydrogen-bond acceptors (Lipinski definition) is 7. The first-order chi connectivity index (χ1) is 19.3. The van der Waals surface area contributed by atoms with Crippen LogP contribution in [0.1, 0.15) is 52.9 Å². The van der Waals surface area contributed by atoms with Gasteiger partial charge in [-0.15, -0.1) is 0 Å². The number of ketones is 2. The molecule has 6 rings (SSSR count). The summed E-state index contributed by atoms with van der Waals surface area (Å²) < 4.78 is 65.7. The first kappa shape index (κ1) is 28.4. The lowest BCUT2D eigenvalue weighted by molar-refractivity contribution is -0.234. The summed E-state index contributed by atoms with van der Waals surface area (Å²) in [5.74, 6) is -3.02. The molecule has 1 aromatic carbocycles. The Bertz CT molecular complexity index is 1350. The maximum Gasteiger partial charge on any atom is 0.205 e. The molecule has 3 N–H and O–H groups in total. The Morgan fingerprint density at radius 1 is 1.24 bits per heavy atom. The zero-order chi connectivity index (χ0) is 29.5. The molecule has 10 heteroatoms. The number of ether oxygens (including phenoxy) is 3. The molecule has 1 heterocycles. The largest absolute Gasteiger partial charge is 0.486 e. The normalized spacial score (nSPS) is 44.5. The number of rotatable bonds is 6. The molecule has 0 amide bonds. The maximum atomic E-state index is 17.5. The highest BCUT2D eigenvalue weighted by Gasteiger charge is 2.80. The lowest BCUT2D eigenvalue weighted by Crippen LogP contribution is -2.71. The van der Waals surface area contributed by atoms with Gasteiger partial charge in [-0.05, 0) is 68.4 Å². The third-order valence-electron chi connectivity index (χ3n) is 10.7. The van der Waals surface area contributed by atoms with Gasteiger partial charge in [0.05, 0.1) is 17.9 Å². The summed E-state index contributed by atoms with van der Waals surface area (Å²) in [4.78, 5) is 26.3. The van der Waals surface area contributed by atoms with Crippen molar-refractivity contribution in [2.24, 2.45) is 22.7 Å². The van der Waals surface area contributed by atoms with Crippen molar-refractivity contribution < 1.29 is 42.1 Å². The average molecular weight is 576 g/mol. The molecule has 1 saturated heterocycles. The van der Waals surface area contributed by atoms with Gasteiger partial charge in [0.1, 0.15) is 24.3 Å². The van der Waals surface area contributed by atoms with Crippen molar-refractivity contribution in [1.82, 2.24) is 0 Å². The van der Waals surface area contributed by atoms with Crippen LogP contribution >= 0.6 is 0 Å². The molecule has 1 aromatic rings. The molecular formula is C31H36F3NO6. The number of Topliss-reactive ketones (excluding diaryl/α,β-unsaturated/α-hetero) is 1. The Morgan fingerprint density at radius 3 is 2.71 bits per heavy atom. The van der Waals surface area contributed by atoms with Crippen LogP contribution in [0.15, 0.2) is 42.0 Å². The van der Waals surface area contributed by atoms with Gasteiger partial charge in [0.25, 0.3) is 0 Å². The molecule has 4 aliphatic carbocycles. The van der Waals surface area contributed by atoms with Crippen molar-refractivity contribution in [2.45, 2.75) is 88.8 Å². The van der Waals surface area contributed by atoms with Crippen molar-refractivity contribution in [2.75, 3.05) is 12.3 Å². The Morgan fingerprint density at radius 2 is 2.00 bits per heavy atom. The fraction of sp³-hybridized carbons (Fsp3) is 0.613. The van der Waals surface area contributed by atoms with E-state index in [4.69, 9.17) is 19.9 Å². The van der Waals surface area contributed by atoms with Gasteiger partial charge in [-0.1, -0.05) is 26.3 Å². The highest BCUT2D eigenvalue weighted by Crippen LogP contribution is 2.72. The minimum atomic E-state index is -2.29. The molecule has 0 bridgehead atoms. The number of nitrogens with two attached hydrogens (primary N) is 1. The van der Waals surface area contributed by atoms with E-state index in [1.165, 1.54) is 31.2 Å². The van der Waals surface area contributed by atoms with Crippen LogP contribution < -0.4 is 10.5 Å². The molecule has 5 aliphatic rings. The van der Waals surface area contributed by atoms with Crippen LogP contribution in [0, 0.1) is 28.5 Å². The highest BCUT2D eigenvalue weighted by molar-refractivity contribution is 6.01. The predicted molar refractivity (Wildman–Crippen MR) is 143 cm³/mol.